The minimum absolute atomic E-state index is 0.397. The third kappa shape index (κ3) is 3.35. The van der Waals surface area contributed by atoms with Crippen LogP contribution < -0.4 is 0 Å². The molecule has 0 saturated heterocycles. The summed E-state index contributed by atoms with van der Waals surface area (Å²) in [4.78, 5) is 0. The zero-order valence-corrected chi connectivity index (χ0v) is 11.6. The fraction of sp³-hybridized carbons (Fsp3) is 0.625. The van der Waals surface area contributed by atoms with Crippen molar-refractivity contribution in [3.63, 3.8) is 0 Å². The van der Waals surface area contributed by atoms with Gasteiger partial charge in [0, 0.05) is 25.5 Å². The number of nitrogens with zero attached hydrogens (tertiary/aromatic N) is 6. The van der Waals surface area contributed by atoms with E-state index in [0.29, 0.717) is 22.0 Å². The highest BCUT2D eigenvalue weighted by molar-refractivity contribution is 7.99. The van der Waals surface area contributed by atoms with E-state index < -0.39 is 10.8 Å². The Morgan fingerprint density at radius 3 is 2.83 bits per heavy atom. The molecule has 0 aliphatic carbocycles. The minimum atomic E-state index is -1.17. The molecule has 0 bridgehead atoms. The van der Waals surface area contributed by atoms with E-state index in [2.05, 4.69) is 25.7 Å². The van der Waals surface area contributed by atoms with Gasteiger partial charge >= 0.3 is 0 Å². The van der Waals surface area contributed by atoms with Crippen LogP contribution in [0.5, 0.6) is 0 Å². The van der Waals surface area contributed by atoms with E-state index in [9.17, 15) is 4.21 Å². The Balaban J connectivity index is 1.73. The highest BCUT2D eigenvalue weighted by atomic mass is 32.2. The van der Waals surface area contributed by atoms with Crippen molar-refractivity contribution in [3.8, 4) is 0 Å². The van der Waals surface area contributed by atoms with Crippen molar-refractivity contribution in [1.29, 1.82) is 0 Å². The lowest BCUT2D eigenvalue weighted by Crippen LogP contribution is -2.06. The van der Waals surface area contributed by atoms with Gasteiger partial charge < -0.3 is 4.42 Å². The Morgan fingerprint density at radius 2 is 2.22 bits per heavy atom. The number of thioether (sulfide) groups is 1. The number of tetrazole rings is 1. The second kappa shape index (κ2) is 6.05. The van der Waals surface area contributed by atoms with Gasteiger partial charge in [-0.3, -0.25) is 4.21 Å². The monoisotopic (exact) mass is 288 g/mol. The summed E-state index contributed by atoms with van der Waals surface area (Å²) in [5.41, 5.74) is 0. The van der Waals surface area contributed by atoms with Crippen molar-refractivity contribution < 1.29 is 8.63 Å². The zero-order valence-electron chi connectivity index (χ0n) is 9.94. The Morgan fingerprint density at radius 1 is 1.39 bits per heavy atom. The smallest absolute Gasteiger partial charge is 0.276 e. The normalized spacial score (nSPS) is 12.8. The first kappa shape index (κ1) is 13.1. The molecule has 0 fully saturated rings. The van der Waals surface area contributed by atoms with Gasteiger partial charge in [-0.1, -0.05) is 16.9 Å². The highest BCUT2D eigenvalue weighted by Crippen LogP contribution is 2.16. The van der Waals surface area contributed by atoms with Crippen molar-refractivity contribution in [1.82, 2.24) is 30.4 Å². The maximum absolute atomic E-state index is 11.8. The van der Waals surface area contributed by atoms with Gasteiger partial charge in [-0.05, 0) is 16.8 Å². The molecule has 1 unspecified atom stereocenters. The molecule has 2 aromatic rings. The number of aryl methyl sites for hydroxylation is 2. The van der Waals surface area contributed by atoms with Crippen molar-refractivity contribution in [2.75, 3.05) is 11.5 Å². The molecule has 10 heteroatoms. The van der Waals surface area contributed by atoms with Gasteiger partial charge in [0.15, 0.2) is 0 Å². The van der Waals surface area contributed by atoms with Gasteiger partial charge in [0.25, 0.3) is 5.22 Å². The van der Waals surface area contributed by atoms with E-state index in [4.69, 9.17) is 4.42 Å². The van der Waals surface area contributed by atoms with Gasteiger partial charge in [0.05, 0.1) is 10.8 Å². The predicted octanol–water partition coefficient (Wildman–Crippen LogP) is 0.192. The predicted molar refractivity (Wildman–Crippen MR) is 64.4 cm³/mol. The van der Waals surface area contributed by atoms with E-state index in [1.807, 2.05) is 0 Å². The molecule has 2 heterocycles. The molecule has 98 valence electrons. The van der Waals surface area contributed by atoms with Crippen LogP contribution in [0.3, 0.4) is 0 Å². The molecule has 0 saturated carbocycles. The summed E-state index contributed by atoms with van der Waals surface area (Å²) in [7, 11) is 0.500. The molecule has 2 rings (SSSR count). The van der Waals surface area contributed by atoms with Crippen LogP contribution in [0, 0.1) is 6.92 Å². The maximum Gasteiger partial charge on any atom is 0.276 e. The van der Waals surface area contributed by atoms with Crippen LogP contribution in [0.2, 0.25) is 0 Å². The third-order valence-electron chi connectivity index (χ3n) is 1.99. The lowest BCUT2D eigenvalue weighted by atomic mass is 10.6. The van der Waals surface area contributed by atoms with Crippen molar-refractivity contribution >= 4 is 22.6 Å². The summed E-state index contributed by atoms with van der Waals surface area (Å²) in [5.74, 6) is 1.82. The number of hydrogen-bond acceptors (Lipinski definition) is 8. The van der Waals surface area contributed by atoms with Crippen molar-refractivity contribution in [2.24, 2.45) is 7.05 Å². The summed E-state index contributed by atoms with van der Waals surface area (Å²) in [6.07, 6.45) is 0.756. The first-order valence-electron chi connectivity index (χ1n) is 5.20. The Hall–Kier alpha value is -1.29. The quantitative estimate of drug-likeness (QED) is 0.548. The fourth-order valence-electron chi connectivity index (χ4n) is 1.19. The first-order valence-corrected chi connectivity index (χ1v) is 7.51. The number of rotatable bonds is 6. The van der Waals surface area contributed by atoms with Gasteiger partial charge in [0.1, 0.15) is 0 Å². The van der Waals surface area contributed by atoms with E-state index in [1.165, 1.54) is 16.4 Å². The molecule has 0 aliphatic heterocycles. The van der Waals surface area contributed by atoms with Crippen molar-refractivity contribution in [2.45, 2.75) is 23.7 Å². The molecule has 18 heavy (non-hydrogen) atoms. The van der Waals surface area contributed by atoms with Crippen LogP contribution in [-0.4, -0.2) is 46.1 Å². The number of hydrogen-bond donors (Lipinski definition) is 0. The zero-order chi connectivity index (χ0) is 13.0. The van der Waals surface area contributed by atoms with Crippen LogP contribution in [-0.2, 0) is 17.8 Å². The Bertz CT molecular complexity index is 539. The standard InChI is InChI=1S/C8H12N6O2S2/c1-6-9-11-8(16-6)17-4-3-5-18(15)7-10-12-13-14(7)2/h3-5H2,1-2H3. The largest absolute Gasteiger partial charge is 0.416 e. The molecular weight excluding hydrogens is 276 g/mol. The molecule has 0 radical (unpaired) electrons. The average Bonchev–Trinajstić information content (AvgIpc) is 2.93. The second-order valence-electron chi connectivity index (χ2n) is 3.42. The Labute approximate surface area is 110 Å². The molecule has 0 aromatic carbocycles. The summed E-state index contributed by atoms with van der Waals surface area (Å²) >= 11 is 1.45. The highest BCUT2D eigenvalue weighted by Gasteiger charge is 2.11. The fourth-order valence-corrected chi connectivity index (χ4v) is 3.16. The molecule has 0 aliphatic rings. The van der Waals surface area contributed by atoms with Gasteiger partial charge in [-0.2, -0.15) is 0 Å². The summed E-state index contributed by atoms with van der Waals surface area (Å²) in [6.45, 7) is 1.74. The van der Waals surface area contributed by atoms with Crippen LogP contribution in [0.1, 0.15) is 12.3 Å². The summed E-state index contributed by atoms with van der Waals surface area (Å²) in [5, 5.41) is 19.3. The van der Waals surface area contributed by atoms with E-state index >= 15 is 0 Å². The summed E-state index contributed by atoms with van der Waals surface area (Å²) in [6, 6.07) is 0. The third-order valence-corrected chi connectivity index (χ3v) is 4.31. The average molecular weight is 288 g/mol. The molecular formula is C8H12N6O2S2. The lowest BCUT2D eigenvalue weighted by molar-refractivity contribution is 0.429. The number of aromatic nitrogens is 6. The van der Waals surface area contributed by atoms with Crippen LogP contribution in [0.4, 0.5) is 0 Å². The van der Waals surface area contributed by atoms with E-state index in [0.717, 1.165) is 12.2 Å². The lowest BCUT2D eigenvalue weighted by Gasteiger charge is -1.98. The first-order chi connectivity index (χ1) is 8.66. The second-order valence-corrected chi connectivity index (χ2v) is 5.93. The molecule has 0 spiro atoms. The molecule has 1 atom stereocenters. The van der Waals surface area contributed by atoms with Gasteiger partial charge in [0.2, 0.25) is 11.0 Å². The molecule has 8 nitrogen and oxygen atoms in total. The SMILES string of the molecule is Cc1nnc(SCCCS(=O)c2nnnn2C)o1. The minimum Gasteiger partial charge on any atom is -0.416 e. The van der Waals surface area contributed by atoms with Crippen molar-refractivity contribution in [3.05, 3.63) is 5.89 Å². The molecule has 0 N–H and O–H groups in total. The van der Waals surface area contributed by atoms with Crippen LogP contribution >= 0.6 is 11.8 Å². The summed E-state index contributed by atoms with van der Waals surface area (Å²) < 4.78 is 18.5. The Kier molecular flexibility index (Phi) is 4.42. The molecule has 2 aromatic heterocycles. The van der Waals surface area contributed by atoms with Crippen LogP contribution in [0.25, 0.3) is 0 Å². The van der Waals surface area contributed by atoms with E-state index in [1.54, 1.807) is 14.0 Å². The van der Waals surface area contributed by atoms with E-state index in [-0.39, 0.29) is 0 Å². The van der Waals surface area contributed by atoms with Gasteiger partial charge in [-0.15, -0.1) is 10.2 Å². The molecule has 0 amide bonds. The van der Waals surface area contributed by atoms with Gasteiger partial charge in [-0.25, -0.2) is 4.68 Å². The maximum atomic E-state index is 11.8. The van der Waals surface area contributed by atoms with Crippen LogP contribution in [0.15, 0.2) is 14.8 Å². The topological polar surface area (TPSA) is 99.6 Å².